The molecule has 0 saturated heterocycles. The van der Waals surface area contributed by atoms with Crippen molar-refractivity contribution >= 4 is 17.2 Å². The van der Waals surface area contributed by atoms with Crippen LogP contribution in [0.25, 0.3) is 0 Å². The monoisotopic (exact) mass is 280 g/mol. The Labute approximate surface area is 119 Å². The SMILES string of the molecule is CC1CCC(CN)(C(=O)NCCc2cccs2)CC1. The van der Waals surface area contributed by atoms with Gasteiger partial charge in [0.15, 0.2) is 0 Å². The van der Waals surface area contributed by atoms with E-state index in [0.717, 1.165) is 44.6 Å². The lowest BCUT2D eigenvalue weighted by molar-refractivity contribution is -0.132. The van der Waals surface area contributed by atoms with E-state index in [4.69, 9.17) is 5.73 Å². The van der Waals surface area contributed by atoms with Gasteiger partial charge in [-0.1, -0.05) is 13.0 Å². The smallest absolute Gasteiger partial charge is 0.227 e. The van der Waals surface area contributed by atoms with Crippen molar-refractivity contribution in [2.24, 2.45) is 17.1 Å². The van der Waals surface area contributed by atoms with Crippen LogP contribution in [0.3, 0.4) is 0 Å². The van der Waals surface area contributed by atoms with Crippen LogP contribution in [0.4, 0.5) is 0 Å². The van der Waals surface area contributed by atoms with Crippen LogP contribution in [0.15, 0.2) is 17.5 Å². The number of hydrogen-bond donors (Lipinski definition) is 2. The molecule has 1 heterocycles. The molecule has 3 N–H and O–H groups in total. The summed E-state index contributed by atoms with van der Waals surface area (Å²) in [4.78, 5) is 13.7. The molecule has 1 aromatic rings. The zero-order valence-electron chi connectivity index (χ0n) is 11.7. The quantitative estimate of drug-likeness (QED) is 0.871. The molecule has 1 aromatic heterocycles. The highest BCUT2D eigenvalue weighted by Crippen LogP contribution is 2.38. The first-order chi connectivity index (χ1) is 9.16. The summed E-state index contributed by atoms with van der Waals surface area (Å²) in [6.07, 6.45) is 5.04. The summed E-state index contributed by atoms with van der Waals surface area (Å²) < 4.78 is 0. The molecule has 0 aliphatic heterocycles. The van der Waals surface area contributed by atoms with Gasteiger partial charge in [-0.05, 0) is 49.5 Å². The van der Waals surface area contributed by atoms with Crippen molar-refractivity contribution in [1.82, 2.24) is 5.32 Å². The van der Waals surface area contributed by atoms with Gasteiger partial charge in [-0.25, -0.2) is 0 Å². The largest absolute Gasteiger partial charge is 0.355 e. The number of amides is 1. The summed E-state index contributed by atoms with van der Waals surface area (Å²) in [5, 5.41) is 5.16. The van der Waals surface area contributed by atoms with Crippen molar-refractivity contribution in [2.45, 2.75) is 39.0 Å². The molecule has 0 atom stereocenters. The molecule has 0 radical (unpaired) electrons. The van der Waals surface area contributed by atoms with Gasteiger partial charge in [-0.3, -0.25) is 4.79 Å². The van der Waals surface area contributed by atoms with E-state index in [9.17, 15) is 4.79 Å². The molecule has 2 rings (SSSR count). The van der Waals surface area contributed by atoms with Crippen molar-refractivity contribution in [3.8, 4) is 0 Å². The first-order valence-electron chi connectivity index (χ1n) is 7.17. The Hall–Kier alpha value is -0.870. The van der Waals surface area contributed by atoms with E-state index < -0.39 is 0 Å². The fourth-order valence-corrected chi connectivity index (χ4v) is 3.49. The van der Waals surface area contributed by atoms with Crippen LogP contribution in [0.1, 0.15) is 37.5 Å². The maximum absolute atomic E-state index is 12.4. The van der Waals surface area contributed by atoms with Gasteiger partial charge in [0.25, 0.3) is 0 Å². The van der Waals surface area contributed by atoms with E-state index in [-0.39, 0.29) is 11.3 Å². The Morgan fingerprint density at radius 2 is 2.26 bits per heavy atom. The topological polar surface area (TPSA) is 55.1 Å². The Bertz CT molecular complexity index is 394. The molecule has 0 aromatic carbocycles. The average molecular weight is 280 g/mol. The molecule has 3 nitrogen and oxygen atoms in total. The van der Waals surface area contributed by atoms with Gasteiger partial charge < -0.3 is 11.1 Å². The minimum Gasteiger partial charge on any atom is -0.355 e. The molecular formula is C15H24N2OS. The predicted octanol–water partition coefficient (Wildman–Crippen LogP) is 2.56. The molecule has 1 saturated carbocycles. The number of hydrogen-bond acceptors (Lipinski definition) is 3. The predicted molar refractivity (Wildman–Crippen MR) is 80.2 cm³/mol. The number of rotatable bonds is 5. The van der Waals surface area contributed by atoms with Crippen LogP contribution >= 0.6 is 11.3 Å². The molecule has 4 heteroatoms. The third-order valence-electron chi connectivity index (χ3n) is 4.34. The molecule has 1 amide bonds. The second-order valence-corrected chi connectivity index (χ2v) is 6.78. The molecule has 1 aliphatic carbocycles. The Balaban J connectivity index is 1.83. The van der Waals surface area contributed by atoms with E-state index in [1.807, 2.05) is 6.07 Å². The lowest BCUT2D eigenvalue weighted by Crippen LogP contribution is -2.48. The van der Waals surface area contributed by atoms with Gasteiger partial charge in [0.05, 0.1) is 5.41 Å². The summed E-state index contributed by atoms with van der Waals surface area (Å²) in [7, 11) is 0. The fraction of sp³-hybridized carbons (Fsp3) is 0.667. The third-order valence-corrected chi connectivity index (χ3v) is 5.28. The van der Waals surface area contributed by atoms with Crippen LogP contribution < -0.4 is 11.1 Å². The lowest BCUT2D eigenvalue weighted by atomic mass is 9.70. The Morgan fingerprint density at radius 1 is 1.53 bits per heavy atom. The van der Waals surface area contributed by atoms with Crippen molar-refractivity contribution in [2.75, 3.05) is 13.1 Å². The molecule has 0 bridgehead atoms. The highest BCUT2D eigenvalue weighted by molar-refractivity contribution is 7.09. The normalized spacial score (nSPS) is 27.2. The molecule has 1 aliphatic rings. The lowest BCUT2D eigenvalue weighted by Gasteiger charge is -2.37. The molecule has 19 heavy (non-hydrogen) atoms. The maximum Gasteiger partial charge on any atom is 0.227 e. The van der Waals surface area contributed by atoms with Crippen LogP contribution in [0.5, 0.6) is 0 Å². The van der Waals surface area contributed by atoms with Gasteiger partial charge in [0.2, 0.25) is 5.91 Å². The second kappa shape index (κ2) is 6.53. The van der Waals surface area contributed by atoms with Crippen molar-refractivity contribution in [3.63, 3.8) is 0 Å². The summed E-state index contributed by atoms with van der Waals surface area (Å²) in [5.74, 6) is 0.900. The first kappa shape index (κ1) is 14.5. The summed E-state index contributed by atoms with van der Waals surface area (Å²) >= 11 is 1.74. The molecule has 0 spiro atoms. The second-order valence-electron chi connectivity index (χ2n) is 5.75. The minimum absolute atomic E-state index is 0.165. The van der Waals surface area contributed by atoms with Crippen molar-refractivity contribution in [1.29, 1.82) is 0 Å². The average Bonchev–Trinajstić information content (AvgIpc) is 2.93. The zero-order chi connectivity index (χ0) is 13.7. The van der Waals surface area contributed by atoms with Crippen LogP contribution in [0.2, 0.25) is 0 Å². The van der Waals surface area contributed by atoms with Gasteiger partial charge in [-0.2, -0.15) is 0 Å². The number of thiophene rings is 1. The third kappa shape index (κ3) is 3.57. The molecular weight excluding hydrogens is 256 g/mol. The van der Waals surface area contributed by atoms with Crippen LogP contribution in [0, 0.1) is 11.3 Å². The summed E-state index contributed by atoms with van der Waals surface area (Å²) in [6, 6.07) is 4.16. The van der Waals surface area contributed by atoms with E-state index >= 15 is 0 Å². The molecule has 1 fully saturated rings. The Morgan fingerprint density at radius 3 is 2.84 bits per heavy atom. The highest BCUT2D eigenvalue weighted by Gasteiger charge is 2.39. The number of carbonyl (C=O) groups excluding carboxylic acids is 1. The van der Waals surface area contributed by atoms with E-state index in [1.54, 1.807) is 11.3 Å². The van der Waals surface area contributed by atoms with Gasteiger partial charge in [-0.15, -0.1) is 11.3 Å². The first-order valence-corrected chi connectivity index (χ1v) is 8.05. The van der Waals surface area contributed by atoms with Gasteiger partial charge in [0.1, 0.15) is 0 Å². The minimum atomic E-state index is -0.304. The Kier molecular flexibility index (Phi) is 4.99. The molecule has 106 valence electrons. The highest BCUT2D eigenvalue weighted by atomic mass is 32.1. The van der Waals surface area contributed by atoms with Gasteiger partial charge in [0, 0.05) is 18.0 Å². The molecule has 0 unspecified atom stereocenters. The number of nitrogens with two attached hydrogens (primary N) is 1. The van der Waals surface area contributed by atoms with E-state index in [1.165, 1.54) is 4.88 Å². The maximum atomic E-state index is 12.4. The number of carbonyl (C=O) groups is 1. The van der Waals surface area contributed by atoms with Crippen molar-refractivity contribution in [3.05, 3.63) is 22.4 Å². The van der Waals surface area contributed by atoms with Crippen LogP contribution in [-0.2, 0) is 11.2 Å². The number of nitrogens with one attached hydrogen (secondary N) is 1. The van der Waals surface area contributed by atoms with E-state index in [2.05, 4.69) is 23.7 Å². The summed E-state index contributed by atoms with van der Waals surface area (Å²) in [5.41, 5.74) is 5.59. The fourth-order valence-electron chi connectivity index (χ4n) is 2.78. The van der Waals surface area contributed by atoms with Gasteiger partial charge >= 0.3 is 0 Å². The van der Waals surface area contributed by atoms with E-state index in [0.29, 0.717) is 6.54 Å². The standard InChI is InChI=1S/C15H24N2OS/c1-12-4-7-15(11-16,8-5-12)14(18)17-9-6-13-3-2-10-19-13/h2-3,10,12H,4-9,11,16H2,1H3,(H,17,18). The zero-order valence-corrected chi connectivity index (χ0v) is 12.5. The van der Waals surface area contributed by atoms with Crippen molar-refractivity contribution < 1.29 is 4.79 Å². The van der Waals surface area contributed by atoms with Crippen LogP contribution in [-0.4, -0.2) is 19.0 Å². The summed E-state index contributed by atoms with van der Waals surface area (Å²) in [6.45, 7) is 3.45.